The average molecular weight is 334 g/mol. The molecule has 0 saturated carbocycles. The quantitative estimate of drug-likeness (QED) is 0.875. The molecule has 0 unspecified atom stereocenters. The van der Waals surface area contributed by atoms with Gasteiger partial charge in [0.15, 0.2) is 0 Å². The molecule has 5 heteroatoms. The van der Waals surface area contributed by atoms with Crippen LogP contribution in [0.15, 0.2) is 30.3 Å². The lowest BCUT2D eigenvalue weighted by molar-refractivity contribution is -0.256. The van der Waals surface area contributed by atoms with Gasteiger partial charge in [0.2, 0.25) is 0 Å². The second-order valence-corrected chi connectivity index (χ2v) is 8.49. The van der Waals surface area contributed by atoms with Crippen molar-refractivity contribution in [1.29, 1.82) is 0 Å². The van der Waals surface area contributed by atoms with E-state index in [1.54, 1.807) is 0 Å². The summed E-state index contributed by atoms with van der Waals surface area (Å²) in [5, 5.41) is 14.7. The number of nitrogens with zero attached hydrogens (tertiary/aromatic N) is 1. The molecule has 0 radical (unpaired) electrons. The van der Waals surface area contributed by atoms with Crippen molar-refractivity contribution in [2.75, 3.05) is 0 Å². The van der Waals surface area contributed by atoms with Gasteiger partial charge in [0.05, 0.1) is 5.54 Å². The van der Waals surface area contributed by atoms with E-state index in [9.17, 15) is 10.0 Å². The van der Waals surface area contributed by atoms with Crippen LogP contribution in [0.4, 0.5) is 4.79 Å². The number of benzene rings is 1. The first-order valence-corrected chi connectivity index (χ1v) is 8.48. The Labute approximate surface area is 145 Å². The van der Waals surface area contributed by atoms with Crippen LogP contribution in [0.5, 0.6) is 0 Å². The van der Waals surface area contributed by atoms with Gasteiger partial charge in [0.25, 0.3) is 0 Å². The number of carbonyl (C=O) groups is 1. The Bertz CT molecular complexity index is 564. The van der Waals surface area contributed by atoms with E-state index in [1.807, 2.05) is 71.9 Å². The van der Waals surface area contributed by atoms with Crippen LogP contribution in [0.1, 0.15) is 59.9 Å². The monoisotopic (exact) mass is 334 g/mol. The molecular formula is C19H30N2O3. The minimum absolute atomic E-state index is 0.232. The zero-order valence-corrected chi connectivity index (χ0v) is 15.6. The number of hydrogen-bond donors (Lipinski definition) is 2. The number of ether oxygens (including phenoxy) is 1. The maximum absolute atomic E-state index is 12.4. The van der Waals surface area contributed by atoms with Gasteiger partial charge < -0.3 is 15.3 Å². The molecule has 5 nitrogen and oxygen atoms in total. The Hall–Kier alpha value is -1.59. The van der Waals surface area contributed by atoms with Crippen LogP contribution in [-0.2, 0) is 10.3 Å². The smallest absolute Gasteiger partial charge is 0.408 e. The van der Waals surface area contributed by atoms with Crippen LogP contribution in [-0.4, -0.2) is 33.5 Å². The molecule has 1 aromatic carbocycles. The third-order valence-corrected chi connectivity index (χ3v) is 4.78. The molecule has 2 N–H and O–H groups in total. The number of hydrogen-bond acceptors (Lipinski definition) is 4. The fourth-order valence-corrected chi connectivity index (χ4v) is 3.63. The van der Waals surface area contributed by atoms with Gasteiger partial charge in [-0.1, -0.05) is 30.3 Å². The van der Waals surface area contributed by atoms with E-state index in [1.165, 1.54) is 5.06 Å². The summed E-state index contributed by atoms with van der Waals surface area (Å²) in [6.07, 6.45) is 0.523. The third-order valence-electron chi connectivity index (χ3n) is 4.78. The fraction of sp³-hybridized carbons (Fsp3) is 0.632. The van der Waals surface area contributed by atoms with Crippen molar-refractivity contribution in [1.82, 2.24) is 10.4 Å². The number of piperidine rings is 1. The Morgan fingerprint density at radius 1 is 1.17 bits per heavy atom. The molecule has 1 heterocycles. The number of rotatable bonds is 3. The largest absolute Gasteiger partial charge is 0.446 e. The molecule has 1 aromatic rings. The first-order valence-electron chi connectivity index (χ1n) is 8.48. The molecule has 1 saturated heterocycles. The van der Waals surface area contributed by atoms with Crippen LogP contribution in [0.3, 0.4) is 0 Å². The molecule has 0 aliphatic carbocycles. The average Bonchev–Trinajstić information content (AvgIpc) is 2.44. The van der Waals surface area contributed by atoms with E-state index in [4.69, 9.17) is 4.74 Å². The Morgan fingerprint density at radius 3 is 2.17 bits per heavy atom. The topological polar surface area (TPSA) is 61.8 Å². The highest BCUT2D eigenvalue weighted by atomic mass is 16.6. The summed E-state index contributed by atoms with van der Waals surface area (Å²) in [7, 11) is 0. The lowest BCUT2D eigenvalue weighted by Gasteiger charge is -2.50. The van der Waals surface area contributed by atoms with Gasteiger partial charge in [-0.15, -0.1) is 0 Å². The summed E-state index contributed by atoms with van der Waals surface area (Å²) in [5.41, 5.74) is -0.377. The van der Waals surface area contributed by atoms with Crippen molar-refractivity contribution in [3.63, 3.8) is 0 Å². The van der Waals surface area contributed by atoms with E-state index < -0.39 is 22.7 Å². The first kappa shape index (κ1) is 18.7. The molecular weight excluding hydrogens is 304 g/mol. The molecule has 1 aliphatic rings. The minimum Gasteiger partial charge on any atom is -0.446 e. The predicted molar refractivity (Wildman–Crippen MR) is 93.9 cm³/mol. The van der Waals surface area contributed by atoms with Crippen LogP contribution in [0.2, 0.25) is 0 Å². The number of amides is 1. The maximum Gasteiger partial charge on any atom is 0.408 e. The Kier molecular flexibility index (Phi) is 4.98. The van der Waals surface area contributed by atoms with Crippen molar-refractivity contribution in [2.45, 2.75) is 77.1 Å². The highest BCUT2D eigenvalue weighted by molar-refractivity contribution is 5.68. The van der Waals surface area contributed by atoms with Crippen molar-refractivity contribution in [3.8, 4) is 0 Å². The van der Waals surface area contributed by atoms with Crippen molar-refractivity contribution in [2.24, 2.45) is 0 Å². The molecule has 1 amide bonds. The molecule has 1 aliphatic heterocycles. The summed E-state index contributed by atoms with van der Waals surface area (Å²) in [5.74, 6) is 0. The molecule has 0 spiro atoms. The van der Waals surface area contributed by atoms with Crippen LogP contribution in [0.25, 0.3) is 0 Å². The second-order valence-electron chi connectivity index (χ2n) is 8.49. The number of nitrogens with one attached hydrogen (secondary N) is 1. The lowest BCUT2D eigenvalue weighted by atomic mass is 9.80. The summed E-state index contributed by atoms with van der Waals surface area (Å²) in [6, 6.07) is 9.82. The SMILES string of the molecule is CC(C)(NC(=O)OC1CC(C)(C)N(O)C(C)(C)C1)c1ccccc1. The van der Waals surface area contributed by atoms with Gasteiger partial charge in [-0.25, -0.2) is 4.79 Å². The zero-order valence-electron chi connectivity index (χ0n) is 15.6. The lowest BCUT2D eigenvalue weighted by Crippen LogP contribution is -2.61. The highest BCUT2D eigenvalue weighted by Gasteiger charge is 2.46. The van der Waals surface area contributed by atoms with Gasteiger partial charge in [-0.2, -0.15) is 5.06 Å². The van der Waals surface area contributed by atoms with Crippen LogP contribution in [0, 0.1) is 0 Å². The molecule has 0 aromatic heterocycles. The van der Waals surface area contributed by atoms with Gasteiger partial charge in [-0.05, 0) is 47.1 Å². The van der Waals surface area contributed by atoms with E-state index in [2.05, 4.69) is 5.32 Å². The van der Waals surface area contributed by atoms with E-state index in [-0.39, 0.29) is 6.10 Å². The molecule has 134 valence electrons. The normalized spacial score (nSPS) is 21.3. The number of carbonyl (C=O) groups excluding carboxylic acids is 1. The van der Waals surface area contributed by atoms with Crippen LogP contribution < -0.4 is 5.32 Å². The molecule has 0 bridgehead atoms. The highest BCUT2D eigenvalue weighted by Crippen LogP contribution is 2.38. The minimum atomic E-state index is -0.513. The zero-order chi connectivity index (χ0) is 18.2. The van der Waals surface area contributed by atoms with Crippen molar-refractivity contribution < 1.29 is 14.7 Å². The summed E-state index contributed by atoms with van der Waals surface area (Å²) in [6.45, 7) is 11.7. The van der Waals surface area contributed by atoms with Gasteiger partial charge in [0, 0.05) is 23.9 Å². The predicted octanol–water partition coefficient (Wildman–Crippen LogP) is 4.06. The summed E-state index contributed by atoms with van der Waals surface area (Å²) >= 11 is 0. The standard InChI is InChI=1S/C19H30N2O3/c1-17(2)12-15(13-18(3,4)21(17)23)24-16(22)20-19(5,6)14-10-8-7-9-11-14/h7-11,15,23H,12-13H2,1-6H3,(H,20,22). The Morgan fingerprint density at radius 2 is 1.67 bits per heavy atom. The summed E-state index contributed by atoms with van der Waals surface area (Å²) < 4.78 is 5.68. The molecule has 0 atom stereocenters. The first-order chi connectivity index (χ1) is 10.9. The van der Waals surface area contributed by atoms with E-state index >= 15 is 0 Å². The summed E-state index contributed by atoms with van der Waals surface area (Å²) in [4.78, 5) is 12.4. The molecule has 1 fully saturated rings. The fourth-order valence-electron chi connectivity index (χ4n) is 3.63. The van der Waals surface area contributed by atoms with Crippen molar-refractivity contribution in [3.05, 3.63) is 35.9 Å². The van der Waals surface area contributed by atoms with E-state index in [0.29, 0.717) is 12.8 Å². The molecule has 2 rings (SSSR count). The Balaban J connectivity index is 2.02. The maximum atomic E-state index is 12.4. The molecule has 24 heavy (non-hydrogen) atoms. The van der Waals surface area contributed by atoms with Gasteiger partial charge in [-0.3, -0.25) is 0 Å². The third kappa shape index (κ3) is 4.08. The second kappa shape index (κ2) is 6.37. The van der Waals surface area contributed by atoms with Gasteiger partial charge in [0.1, 0.15) is 6.10 Å². The van der Waals surface area contributed by atoms with Crippen molar-refractivity contribution >= 4 is 6.09 Å². The van der Waals surface area contributed by atoms with Gasteiger partial charge >= 0.3 is 6.09 Å². The van der Waals surface area contributed by atoms with Crippen LogP contribution >= 0.6 is 0 Å². The van der Waals surface area contributed by atoms with E-state index in [0.717, 1.165) is 5.56 Å². The number of hydroxylamine groups is 2. The number of alkyl carbamates (subject to hydrolysis) is 1.